The number of guanidine groups is 1. The molecule has 0 saturated carbocycles. The first-order valence-electron chi connectivity index (χ1n) is 15.3. The number of amides is 4. The van der Waals surface area contributed by atoms with Crippen LogP contribution in [0.15, 0.2) is 52.0 Å². The van der Waals surface area contributed by atoms with Crippen molar-refractivity contribution in [2.45, 2.75) is 58.4 Å². The first kappa shape index (κ1) is 30.7. The van der Waals surface area contributed by atoms with Gasteiger partial charge in [-0.3, -0.25) is 29.5 Å². The lowest BCUT2D eigenvalue weighted by atomic mass is 10.1. The molecule has 2 aliphatic heterocycles. The Morgan fingerprint density at radius 2 is 1.82 bits per heavy atom. The minimum absolute atomic E-state index is 0.0281. The third-order valence-electron chi connectivity index (χ3n) is 7.75. The van der Waals surface area contributed by atoms with Crippen LogP contribution in [-0.4, -0.2) is 83.1 Å². The number of pyridine rings is 1. The number of hydrogen-bond donors (Lipinski definition) is 3. The fourth-order valence-electron chi connectivity index (χ4n) is 5.40. The van der Waals surface area contributed by atoms with E-state index in [1.807, 2.05) is 36.9 Å². The molecule has 0 spiro atoms. The molecule has 12 nitrogen and oxygen atoms in total. The van der Waals surface area contributed by atoms with E-state index in [1.54, 1.807) is 11.0 Å². The Morgan fingerprint density at radius 1 is 1.02 bits per heavy atom. The van der Waals surface area contributed by atoms with E-state index in [2.05, 4.69) is 20.9 Å². The maximum atomic E-state index is 13.6. The normalized spacial score (nSPS) is 17.5. The Kier molecular flexibility index (Phi) is 9.88. The quantitative estimate of drug-likeness (QED) is 0.264. The number of hydrogen-bond acceptors (Lipinski definition) is 7. The highest BCUT2D eigenvalue weighted by Gasteiger charge is 2.30. The lowest BCUT2D eigenvalue weighted by Gasteiger charge is -2.25. The summed E-state index contributed by atoms with van der Waals surface area (Å²) in [5.74, 6) is -0.251. The zero-order valence-electron chi connectivity index (χ0n) is 25.2. The molecule has 4 heterocycles. The molecule has 1 unspecified atom stereocenters. The Hall–Kier alpha value is -4.74. The van der Waals surface area contributed by atoms with Crippen molar-refractivity contribution in [2.75, 3.05) is 38.0 Å². The molecule has 1 aromatic carbocycles. The summed E-state index contributed by atoms with van der Waals surface area (Å²) in [6, 6.07) is 9.62. The van der Waals surface area contributed by atoms with Gasteiger partial charge in [0.2, 0.25) is 17.8 Å². The number of anilines is 1. The first-order chi connectivity index (χ1) is 21.3. The molecule has 1 atom stereocenters. The Labute approximate surface area is 256 Å². The van der Waals surface area contributed by atoms with Crippen LogP contribution in [0.1, 0.15) is 72.1 Å². The molecule has 2 fully saturated rings. The van der Waals surface area contributed by atoms with Crippen molar-refractivity contribution in [3.63, 3.8) is 0 Å². The molecule has 0 radical (unpaired) electrons. The van der Waals surface area contributed by atoms with Gasteiger partial charge in [-0.1, -0.05) is 6.92 Å². The molecule has 3 aromatic rings. The van der Waals surface area contributed by atoms with Crippen molar-refractivity contribution in [3.05, 3.63) is 59.6 Å². The second kappa shape index (κ2) is 14.2. The van der Waals surface area contributed by atoms with Gasteiger partial charge in [0.15, 0.2) is 0 Å². The Bertz CT molecular complexity index is 1540. The van der Waals surface area contributed by atoms with Gasteiger partial charge in [0, 0.05) is 43.4 Å². The predicted octanol–water partition coefficient (Wildman–Crippen LogP) is 3.48. The largest absolute Gasteiger partial charge is 0.461 e. The number of likely N-dealkylation sites (tertiary alicyclic amines) is 2. The summed E-state index contributed by atoms with van der Waals surface area (Å²) in [6.07, 6.45) is 6.09. The van der Waals surface area contributed by atoms with Crippen molar-refractivity contribution in [2.24, 2.45) is 4.99 Å². The molecule has 0 bridgehead atoms. The second-order valence-electron chi connectivity index (χ2n) is 11.2. The average Bonchev–Trinajstić information content (AvgIpc) is 3.66. The van der Waals surface area contributed by atoms with Gasteiger partial charge in [0.05, 0.1) is 12.1 Å². The topological polar surface area (TPSA) is 149 Å². The van der Waals surface area contributed by atoms with Crippen LogP contribution >= 0.6 is 0 Å². The molecule has 2 saturated heterocycles. The molecule has 0 aliphatic carbocycles. The fraction of sp³-hybridized carbons (Fsp3) is 0.438. The zero-order valence-corrected chi connectivity index (χ0v) is 25.2. The highest BCUT2D eigenvalue weighted by atomic mass is 16.3. The maximum Gasteiger partial charge on any atom is 0.269 e. The molecule has 12 heteroatoms. The number of furan rings is 1. The summed E-state index contributed by atoms with van der Waals surface area (Å²) in [6.45, 7) is 6.31. The number of rotatable bonds is 8. The first-order valence-corrected chi connectivity index (χ1v) is 15.3. The van der Waals surface area contributed by atoms with Crippen LogP contribution in [0, 0.1) is 6.92 Å². The van der Waals surface area contributed by atoms with Crippen molar-refractivity contribution < 1.29 is 23.6 Å². The molecule has 2 aliphatic rings. The molecule has 44 heavy (non-hydrogen) atoms. The molecule has 3 N–H and O–H groups in total. The smallest absolute Gasteiger partial charge is 0.269 e. The van der Waals surface area contributed by atoms with Crippen LogP contribution in [0.4, 0.5) is 5.69 Å². The summed E-state index contributed by atoms with van der Waals surface area (Å²) in [4.78, 5) is 64.3. The third kappa shape index (κ3) is 7.61. The second-order valence-corrected chi connectivity index (χ2v) is 11.2. The summed E-state index contributed by atoms with van der Waals surface area (Å²) in [5.41, 5.74) is 1.79. The SMILES string of the molecule is CCCNC(=O)c1ccc(C(=O)NC(=NC2CCCCN(CC(=O)N3CCCC3)C2=O)Nc2ccc3oc(C)cc3c2)cn1. The van der Waals surface area contributed by atoms with Crippen molar-refractivity contribution >= 4 is 46.2 Å². The van der Waals surface area contributed by atoms with Crippen molar-refractivity contribution in [1.29, 1.82) is 0 Å². The highest BCUT2D eigenvalue weighted by Crippen LogP contribution is 2.23. The molecule has 232 valence electrons. The third-order valence-corrected chi connectivity index (χ3v) is 7.75. The highest BCUT2D eigenvalue weighted by molar-refractivity contribution is 6.11. The van der Waals surface area contributed by atoms with Gasteiger partial charge < -0.3 is 24.9 Å². The van der Waals surface area contributed by atoms with Crippen LogP contribution in [0.2, 0.25) is 0 Å². The van der Waals surface area contributed by atoms with E-state index >= 15 is 0 Å². The van der Waals surface area contributed by atoms with Crippen molar-refractivity contribution in [3.8, 4) is 0 Å². The maximum absolute atomic E-state index is 13.6. The van der Waals surface area contributed by atoms with Gasteiger partial charge in [-0.15, -0.1) is 0 Å². The standard InChI is InChI=1S/C32H39N7O5/c1-3-13-33-30(42)25-11-9-22(19-34-25)29(41)37-32(35-24-10-12-27-23(18-24)17-21(2)44-27)36-26-8-4-5-16-39(31(26)43)20-28(40)38-14-6-7-15-38/h9-12,17-19,26H,3-8,13-16,20H2,1-2H3,(H,33,42)(H2,35,36,37,41). The fourth-order valence-corrected chi connectivity index (χ4v) is 5.40. The number of nitrogens with zero attached hydrogens (tertiary/aromatic N) is 4. The van der Waals surface area contributed by atoms with Gasteiger partial charge in [-0.2, -0.15) is 0 Å². The van der Waals surface area contributed by atoms with Gasteiger partial charge >= 0.3 is 0 Å². The number of aliphatic imine (C=N–C) groups is 1. The van der Waals surface area contributed by atoms with Gasteiger partial charge in [-0.25, -0.2) is 4.99 Å². The lowest BCUT2D eigenvalue weighted by molar-refractivity contribution is -0.140. The lowest BCUT2D eigenvalue weighted by Crippen LogP contribution is -2.45. The van der Waals surface area contributed by atoms with E-state index in [0.717, 1.165) is 61.9 Å². The Morgan fingerprint density at radius 3 is 2.57 bits per heavy atom. The predicted molar refractivity (Wildman–Crippen MR) is 166 cm³/mol. The summed E-state index contributed by atoms with van der Waals surface area (Å²) >= 11 is 0. The number of carbonyl (C=O) groups is 4. The van der Waals surface area contributed by atoms with E-state index in [4.69, 9.17) is 9.41 Å². The number of fused-ring (bicyclic) bond motifs is 1. The van der Waals surface area contributed by atoms with Gasteiger partial charge in [0.25, 0.3) is 11.8 Å². The van der Waals surface area contributed by atoms with Crippen LogP contribution < -0.4 is 16.0 Å². The summed E-state index contributed by atoms with van der Waals surface area (Å²) in [7, 11) is 0. The molecule has 2 aromatic heterocycles. The Balaban J connectivity index is 1.37. The molecule has 5 rings (SSSR count). The summed E-state index contributed by atoms with van der Waals surface area (Å²) < 4.78 is 5.68. The average molecular weight is 602 g/mol. The van der Waals surface area contributed by atoms with E-state index < -0.39 is 11.9 Å². The van der Waals surface area contributed by atoms with Crippen molar-refractivity contribution in [1.82, 2.24) is 25.4 Å². The monoisotopic (exact) mass is 601 g/mol. The van der Waals surface area contributed by atoms with Gasteiger partial charge in [-0.05, 0) is 81.8 Å². The minimum atomic E-state index is -0.783. The van der Waals surface area contributed by atoms with E-state index in [9.17, 15) is 19.2 Å². The van der Waals surface area contributed by atoms with Crippen LogP contribution in [0.3, 0.4) is 0 Å². The number of aromatic nitrogens is 1. The number of nitrogens with one attached hydrogen (secondary N) is 3. The number of benzene rings is 1. The number of aryl methyl sites for hydroxylation is 1. The molecular weight excluding hydrogens is 562 g/mol. The van der Waals surface area contributed by atoms with E-state index in [1.165, 1.54) is 18.3 Å². The van der Waals surface area contributed by atoms with Crippen LogP contribution in [0.5, 0.6) is 0 Å². The molecule has 4 amide bonds. The zero-order chi connectivity index (χ0) is 31.1. The van der Waals surface area contributed by atoms with Crippen LogP contribution in [-0.2, 0) is 9.59 Å². The summed E-state index contributed by atoms with van der Waals surface area (Å²) in [5, 5.41) is 9.60. The van der Waals surface area contributed by atoms with Gasteiger partial charge in [0.1, 0.15) is 23.1 Å². The number of carbonyl (C=O) groups excluding carboxylic acids is 4. The van der Waals surface area contributed by atoms with Crippen LogP contribution in [0.25, 0.3) is 11.0 Å². The molecular formula is C32H39N7O5. The minimum Gasteiger partial charge on any atom is -0.461 e. The van der Waals surface area contributed by atoms with E-state index in [0.29, 0.717) is 25.2 Å². The van der Waals surface area contributed by atoms with E-state index in [-0.39, 0.29) is 41.5 Å².